The Kier molecular flexibility index (Phi) is 5.54. The first-order chi connectivity index (χ1) is 21.8. The first kappa shape index (κ1) is 24.7. The van der Waals surface area contributed by atoms with E-state index < -0.39 is 0 Å². The van der Waals surface area contributed by atoms with Gasteiger partial charge in [0.2, 0.25) is 0 Å². The molecule has 206 valence electrons. The van der Waals surface area contributed by atoms with E-state index in [0.717, 1.165) is 67.5 Å². The van der Waals surface area contributed by atoms with E-state index in [0.29, 0.717) is 0 Å². The molecule has 0 fully saturated rings. The van der Waals surface area contributed by atoms with Crippen molar-refractivity contribution in [3.63, 3.8) is 0 Å². The molecule has 0 spiro atoms. The molecule has 2 aliphatic heterocycles. The highest BCUT2D eigenvalue weighted by Crippen LogP contribution is 2.52. The number of fused-ring (bicyclic) bond motifs is 10. The lowest BCUT2D eigenvalue weighted by molar-refractivity contribution is 0.489. The van der Waals surface area contributed by atoms with Gasteiger partial charge in [-0.25, -0.2) is 0 Å². The maximum absolute atomic E-state index is 6.78. The summed E-state index contributed by atoms with van der Waals surface area (Å²) in [7, 11) is 0. The highest BCUT2D eigenvalue weighted by molar-refractivity contribution is 5.96. The van der Waals surface area contributed by atoms with E-state index in [1.165, 1.54) is 22.3 Å². The van der Waals surface area contributed by atoms with Gasteiger partial charge in [-0.05, 0) is 51.6 Å². The van der Waals surface area contributed by atoms with Crippen molar-refractivity contribution in [1.82, 2.24) is 0 Å². The Morgan fingerprint density at radius 1 is 0.250 bits per heavy atom. The third-order valence-corrected chi connectivity index (χ3v) is 8.73. The molecule has 44 heavy (non-hydrogen) atoms. The van der Waals surface area contributed by atoms with Gasteiger partial charge in [0.25, 0.3) is 0 Å². The van der Waals surface area contributed by atoms with E-state index in [2.05, 4.69) is 146 Å². The predicted molar refractivity (Wildman–Crippen MR) is 179 cm³/mol. The average Bonchev–Trinajstić information content (AvgIpc) is 3.33. The zero-order valence-corrected chi connectivity index (χ0v) is 23.8. The maximum atomic E-state index is 6.78. The summed E-state index contributed by atoms with van der Waals surface area (Å²) in [5.41, 5.74) is 13.3. The summed E-state index contributed by atoms with van der Waals surface area (Å²) in [6.07, 6.45) is 0. The Morgan fingerprint density at radius 2 is 0.568 bits per heavy atom. The minimum atomic E-state index is 0.862. The van der Waals surface area contributed by atoms with Crippen LogP contribution in [0, 0.1) is 0 Å². The molecule has 0 saturated heterocycles. The number of benzene rings is 7. The van der Waals surface area contributed by atoms with Gasteiger partial charge in [-0.2, -0.15) is 0 Å². The Labute approximate surface area is 256 Å². The van der Waals surface area contributed by atoms with Crippen LogP contribution in [-0.2, 0) is 0 Å². The Morgan fingerprint density at radius 3 is 1.02 bits per heavy atom. The lowest BCUT2D eigenvalue weighted by Crippen LogP contribution is -1.92. The molecule has 2 nitrogen and oxygen atoms in total. The Balaban J connectivity index is 1.23. The third kappa shape index (κ3) is 3.82. The summed E-state index contributed by atoms with van der Waals surface area (Å²) in [6.45, 7) is 0. The second-order valence-corrected chi connectivity index (χ2v) is 11.2. The van der Waals surface area contributed by atoms with E-state index in [1.807, 2.05) is 12.1 Å². The highest BCUT2D eigenvalue weighted by Gasteiger charge is 2.25. The third-order valence-electron chi connectivity index (χ3n) is 8.73. The molecule has 0 N–H and O–H groups in total. The van der Waals surface area contributed by atoms with Gasteiger partial charge >= 0.3 is 0 Å². The summed E-state index contributed by atoms with van der Waals surface area (Å²) in [6, 6.07) is 55.3. The van der Waals surface area contributed by atoms with Crippen LogP contribution in [0.4, 0.5) is 0 Å². The summed E-state index contributed by atoms with van der Waals surface area (Å²) in [5.74, 6) is 3.46. The fraction of sp³-hybridized carbons (Fsp3) is 0. The lowest BCUT2D eigenvalue weighted by atomic mass is 9.90. The van der Waals surface area contributed by atoms with Crippen LogP contribution in [0.15, 0.2) is 158 Å². The number of ether oxygens (including phenoxy) is 2. The molecular weight excluding hydrogens is 536 g/mol. The van der Waals surface area contributed by atoms with Crippen LogP contribution < -0.4 is 9.47 Å². The number of rotatable bonds is 2. The molecule has 2 aliphatic rings. The molecule has 0 radical (unpaired) electrons. The summed E-state index contributed by atoms with van der Waals surface area (Å²) >= 11 is 0. The van der Waals surface area contributed by atoms with Crippen molar-refractivity contribution >= 4 is 0 Å². The molecule has 2 heteroatoms. The molecular formula is C42H26O2. The molecule has 0 atom stereocenters. The molecule has 9 rings (SSSR count). The zero-order chi connectivity index (χ0) is 29.0. The molecule has 0 saturated carbocycles. The molecule has 0 amide bonds. The van der Waals surface area contributed by atoms with Crippen LogP contribution in [0.2, 0.25) is 0 Å². The maximum Gasteiger partial charge on any atom is 0.143 e. The van der Waals surface area contributed by atoms with Gasteiger partial charge in [-0.15, -0.1) is 0 Å². The van der Waals surface area contributed by atoms with E-state index in [1.54, 1.807) is 0 Å². The second kappa shape index (κ2) is 9.86. The molecule has 2 heterocycles. The van der Waals surface area contributed by atoms with Gasteiger partial charge in [0.05, 0.1) is 0 Å². The van der Waals surface area contributed by atoms with Crippen LogP contribution >= 0.6 is 0 Å². The summed E-state index contributed by atoms with van der Waals surface area (Å²) in [4.78, 5) is 0. The highest BCUT2D eigenvalue weighted by atomic mass is 16.5. The van der Waals surface area contributed by atoms with E-state index >= 15 is 0 Å². The monoisotopic (exact) mass is 562 g/mol. The SMILES string of the molecule is c1cc(-c2cccc3c2Oc2ccccc2-c2ccccc2-3)cc(-c2cccc3c2Oc2ccccc2-c2ccccc2-3)c1. The van der Waals surface area contributed by atoms with E-state index in [4.69, 9.17) is 9.47 Å². The lowest BCUT2D eigenvalue weighted by Gasteiger charge is -2.17. The molecule has 0 aliphatic carbocycles. The smallest absolute Gasteiger partial charge is 0.143 e. The minimum Gasteiger partial charge on any atom is -0.455 e. The van der Waals surface area contributed by atoms with Gasteiger partial charge in [0, 0.05) is 33.4 Å². The van der Waals surface area contributed by atoms with Crippen molar-refractivity contribution in [2.75, 3.05) is 0 Å². The molecule has 7 aromatic carbocycles. The van der Waals surface area contributed by atoms with Crippen LogP contribution in [0.3, 0.4) is 0 Å². The van der Waals surface area contributed by atoms with Crippen molar-refractivity contribution in [3.8, 4) is 89.8 Å². The molecule has 0 unspecified atom stereocenters. The van der Waals surface area contributed by atoms with Gasteiger partial charge < -0.3 is 9.47 Å². The van der Waals surface area contributed by atoms with Gasteiger partial charge in [-0.1, -0.05) is 140 Å². The fourth-order valence-electron chi connectivity index (χ4n) is 6.71. The van der Waals surface area contributed by atoms with Crippen molar-refractivity contribution in [2.45, 2.75) is 0 Å². The first-order valence-electron chi connectivity index (χ1n) is 14.9. The number of para-hydroxylation sites is 4. The second-order valence-electron chi connectivity index (χ2n) is 11.2. The quantitative estimate of drug-likeness (QED) is 0.209. The fourth-order valence-corrected chi connectivity index (χ4v) is 6.71. The summed E-state index contributed by atoms with van der Waals surface area (Å²) < 4.78 is 13.6. The van der Waals surface area contributed by atoms with Crippen molar-refractivity contribution in [3.05, 3.63) is 158 Å². The van der Waals surface area contributed by atoms with Gasteiger partial charge in [0.15, 0.2) is 0 Å². The van der Waals surface area contributed by atoms with Gasteiger partial charge in [0.1, 0.15) is 23.0 Å². The van der Waals surface area contributed by atoms with E-state index in [-0.39, 0.29) is 0 Å². The molecule has 0 aromatic heterocycles. The van der Waals surface area contributed by atoms with Crippen molar-refractivity contribution < 1.29 is 9.47 Å². The number of hydrogen-bond donors (Lipinski definition) is 0. The van der Waals surface area contributed by atoms with Gasteiger partial charge in [-0.3, -0.25) is 0 Å². The normalized spacial score (nSPS) is 12.0. The number of hydrogen-bond acceptors (Lipinski definition) is 2. The standard InChI is InChI=1S/C42H26O2/c1-3-16-33-31(14-1)35-18-5-7-24-39(35)43-41-29(20-10-22-37(33)41)27-12-9-13-28(26-27)30-21-11-23-38-34-17-4-2-15-32(34)36-19-6-8-25-40(36)44-42(30)38/h1-26H. The predicted octanol–water partition coefficient (Wildman–Crippen LogP) is 11.9. The van der Waals surface area contributed by atoms with E-state index in [9.17, 15) is 0 Å². The van der Waals surface area contributed by atoms with Crippen LogP contribution in [0.25, 0.3) is 66.8 Å². The van der Waals surface area contributed by atoms with Crippen LogP contribution in [0.5, 0.6) is 23.0 Å². The zero-order valence-electron chi connectivity index (χ0n) is 23.8. The first-order valence-corrected chi connectivity index (χ1v) is 14.9. The van der Waals surface area contributed by atoms with Crippen LogP contribution in [0.1, 0.15) is 0 Å². The van der Waals surface area contributed by atoms with Crippen LogP contribution in [-0.4, -0.2) is 0 Å². The van der Waals surface area contributed by atoms with Crippen molar-refractivity contribution in [1.29, 1.82) is 0 Å². The summed E-state index contributed by atoms with van der Waals surface area (Å²) in [5, 5.41) is 0. The average molecular weight is 563 g/mol. The minimum absolute atomic E-state index is 0.862. The Bertz CT molecular complexity index is 2090. The topological polar surface area (TPSA) is 18.5 Å². The molecule has 0 bridgehead atoms. The molecule has 7 aromatic rings. The van der Waals surface area contributed by atoms with Crippen molar-refractivity contribution in [2.24, 2.45) is 0 Å². The largest absolute Gasteiger partial charge is 0.455 e. The Hall–Kier alpha value is -5.86.